The van der Waals surface area contributed by atoms with Crippen LogP contribution in [0.3, 0.4) is 0 Å². The van der Waals surface area contributed by atoms with E-state index in [1.807, 2.05) is 109 Å². The number of hydrogen-bond donors (Lipinski definition) is 3. The number of carbonyl (C=O) groups excluding carboxylic acids is 4. The zero-order valence-corrected chi connectivity index (χ0v) is 28.6. The SMILES string of the molecule is O=C(Cc1ccc2ccccc2c1)N[C@H]1C[C@H]2COc3cccc(c3)-c3ccccc3C(=O)NCC[C@@H](NC(=O)OCc3ccccc3)C(=O)N2C1. The third-order valence-corrected chi connectivity index (χ3v) is 9.52. The molecule has 10 heteroatoms. The maximum Gasteiger partial charge on any atom is 0.408 e. The van der Waals surface area contributed by atoms with Gasteiger partial charge in [-0.25, -0.2) is 4.79 Å². The Balaban J connectivity index is 1.12. The first-order valence-corrected chi connectivity index (χ1v) is 17.5. The fourth-order valence-electron chi connectivity index (χ4n) is 6.93. The molecule has 2 bridgehead atoms. The first-order chi connectivity index (χ1) is 25.4. The van der Waals surface area contributed by atoms with Crippen LogP contribution < -0.4 is 20.7 Å². The molecule has 0 saturated carbocycles. The molecule has 4 amide bonds. The van der Waals surface area contributed by atoms with E-state index in [0.717, 1.165) is 33.0 Å². The fraction of sp³-hybridized carbons (Fsp3) is 0.238. The van der Waals surface area contributed by atoms with Crippen LogP contribution in [0.2, 0.25) is 0 Å². The van der Waals surface area contributed by atoms with Gasteiger partial charge in [0, 0.05) is 24.7 Å². The molecule has 2 aliphatic heterocycles. The van der Waals surface area contributed by atoms with Gasteiger partial charge in [-0.3, -0.25) is 14.4 Å². The summed E-state index contributed by atoms with van der Waals surface area (Å²) in [6.07, 6.45) is 0.0194. The molecule has 3 atom stereocenters. The zero-order valence-electron chi connectivity index (χ0n) is 28.6. The third kappa shape index (κ3) is 8.24. The van der Waals surface area contributed by atoms with Crippen LogP contribution in [0.15, 0.2) is 121 Å². The van der Waals surface area contributed by atoms with Gasteiger partial charge < -0.3 is 30.3 Å². The van der Waals surface area contributed by atoms with Crippen molar-refractivity contribution in [3.8, 4) is 16.9 Å². The van der Waals surface area contributed by atoms with Gasteiger partial charge in [0.1, 0.15) is 25.0 Å². The van der Waals surface area contributed by atoms with Gasteiger partial charge in [0.25, 0.3) is 5.91 Å². The third-order valence-electron chi connectivity index (χ3n) is 9.52. The van der Waals surface area contributed by atoms with Gasteiger partial charge in [0.2, 0.25) is 11.8 Å². The Labute approximate surface area is 302 Å². The van der Waals surface area contributed by atoms with Crippen molar-refractivity contribution < 1.29 is 28.7 Å². The van der Waals surface area contributed by atoms with Crippen LogP contribution in [0.4, 0.5) is 4.79 Å². The van der Waals surface area contributed by atoms with Gasteiger partial charge in [0.05, 0.1) is 12.5 Å². The average molecular weight is 697 g/mol. The van der Waals surface area contributed by atoms with Crippen molar-refractivity contribution in [3.05, 3.63) is 138 Å². The number of rotatable bonds is 6. The molecule has 1 saturated heterocycles. The molecule has 5 aromatic carbocycles. The number of amides is 4. The molecule has 3 N–H and O–H groups in total. The maximum atomic E-state index is 14.4. The van der Waals surface area contributed by atoms with Gasteiger partial charge >= 0.3 is 6.09 Å². The predicted molar refractivity (Wildman–Crippen MR) is 198 cm³/mol. The minimum absolute atomic E-state index is 0.0328. The number of benzene rings is 5. The largest absolute Gasteiger partial charge is 0.491 e. The van der Waals surface area contributed by atoms with Crippen LogP contribution >= 0.6 is 0 Å². The summed E-state index contributed by atoms with van der Waals surface area (Å²) in [6, 6.07) is 36.3. The van der Waals surface area contributed by atoms with Gasteiger partial charge in [0.15, 0.2) is 0 Å². The van der Waals surface area contributed by atoms with Crippen LogP contribution in [0, 0.1) is 0 Å². The van der Waals surface area contributed by atoms with Crippen LogP contribution in [0.25, 0.3) is 21.9 Å². The number of nitrogens with one attached hydrogen (secondary N) is 3. The second kappa shape index (κ2) is 15.8. The Morgan fingerprint density at radius 2 is 1.56 bits per heavy atom. The van der Waals surface area contributed by atoms with Gasteiger partial charge in [-0.1, -0.05) is 103 Å². The van der Waals surface area contributed by atoms with E-state index in [4.69, 9.17) is 9.47 Å². The Morgan fingerprint density at radius 3 is 2.40 bits per heavy atom. The van der Waals surface area contributed by atoms with E-state index >= 15 is 0 Å². The highest BCUT2D eigenvalue weighted by Crippen LogP contribution is 2.29. The van der Waals surface area contributed by atoms with Crippen molar-refractivity contribution in [3.63, 3.8) is 0 Å². The molecular weight excluding hydrogens is 656 g/mol. The number of carbonyl (C=O) groups is 4. The Kier molecular flexibility index (Phi) is 10.4. The molecule has 1 fully saturated rings. The molecule has 0 radical (unpaired) electrons. The Morgan fingerprint density at radius 1 is 0.788 bits per heavy atom. The molecule has 7 rings (SSSR count). The smallest absolute Gasteiger partial charge is 0.408 e. The normalized spacial score (nSPS) is 18.8. The van der Waals surface area contributed by atoms with E-state index in [1.54, 1.807) is 17.0 Å². The standard InChI is InChI=1S/C42H40N4O6/c47-39(22-29-17-18-30-11-4-5-12-31(30)21-29)44-33-24-34-27-51-35-14-8-13-32(23-35)36-15-6-7-16-37(36)40(48)43-20-19-38(41(49)46(34)25-33)45-42(50)52-26-28-9-2-1-3-10-28/h1-18,21,23,33-34,38H,19-20,22,24-27H2,(H,43,48)(H,44,47)(H,45,50)/t33-,34-,38+/m0/s1. The van der Waals surface area contributed by atoms with Crippen molar-refractivity contribution in [1.29, 1.82) is 0 Å². The summed E-state index contributed by atoms with van der Waals surface area (Å²) in [6.45, 7) is 0.538. The molecule has 52 heavy (non-hydrogen) atoms. The van der Waals surface area contributed by atoms with Crippen molar-refractivity contribution in [2.75, 3.05) is 19.7 Å². The number of fused-ring (bicyclic) bond motifs is 6. The molecule has 0 aromatic heterocycles. The minimum Gasteiger partial charge on any atom is -0.491 e. The quantitative estimate of drug-likeness (QED) is 0.211. The van der Waals surface area contributed by atoms with E-state index < -0.39 is 18.2 Å². The molecule has 10 nitrogen and oxygen atoms in total. The summed E-state index contributed by atoms with van der Waals surface area (Å²) in [5.41, 5.74) is 3.74. The van der Waals surface area contributed by atoms with Crippen LogP contribution in [0.1, 0.15) is 34.3 Å². The molecular formula is C42H40N4O6. The van der Waals surface area contributed by atoms with Gasteiger partial charge in [-0.05, 0) is 64.1 Å². The number of alkyl carbamates (subject to hydrolysis) is 1. The highest BCUT2D eigenvalue weighted by molar-refractivity contribution is 6.01. The lowest BCUT2D eigenvalue weighted by Gasteiger charge is -2.29. The summed E-state index contributed by atoms with van der Waals surface area (Å²) >= 11 is 0. The molecule has 0 aliphatic carbocycles. The second-order valence-electron chi connectivity index (χ2n) is 13.2. The van der Waals surface area contributed by atoms with Crippen LogP contribution in [-0.4, -0.2) is 66.5 Å². The molecule has 264 valence electrons. The highest BCUT2D eigenvalue weighted by Gasteiger charge is 2.39. The highest BCUT2D eigenvalue weighted by atomic mass is 16.5. The van der Waals surface area contributed by atoms with Gasteiger partial charge in [-0.15, -0.1) is 0 Å². The first-order valence-electron chi connectivity index (χ1n) is 17.5. The Bertz CT molecular complexity index is 2090. The summed E-state index contributed by atoms with van der Waals surface area (Å²) in [7, 11) is 0. The van der Waals surface area contributed by atoms with Crippen molar-refractivity contribution in [2.45, 2.75) is 44.0 Å². The fourth-order valence-corrected chi connectivity index (χ4v) is 6.93. The van der Waals surface area contributed by atoms with Crippen LogP contribution in [-0.2, 0) is 27.4 Å². The number of nitrogens with zero attached hydrogens (tertiary/aromatic N) is 1. The number of ether oxygens (including phenoxy) is 2. The number of hydrogen-bond acceptors (Lipinski definition) is 6. The first kappa shape index (κ1) is 34.3. The average Bonchev–Trinajstić information content (AvgIpc) is 3.57. The maximum absolute atomic E-state index is 14.4. The monoisotopic (exact) mass is 696 g/mol. The van der Waals surface area contributed by atoms with E-state index in [9.17, 15) is 19.2 Å². The van der Waals surface area contributed by atoms with Crippen LogP contribution in [0.5, 0.6) is 5.75 Å². The van der Waals surface area contributed by atoms with Crippen molar-refractivity contribution in [2.24, 2.45) is 0 Å². The molecule has 2 heterocycles. The zero-order chi connectivity index (χ0) is 35.9. The summed E-state index contributed by atoms with van der Waals surface area (Å²) < 4.78 is 11.8. The lowest BCUT2D eigenvalue weighted by atomic mass is 9.99. The van der Waals surface area contributed by atoms with E-state index in [2.05, 4.69) is 16.0 Å². The van der Waals surface area contributed by atoms with E-state index in [0.29, 0.717) is 17.7 Å². The second-order valence-corrected chi connectivity index (χ2v) is 13.2. The topological polar surface area (TPSA) is 126 Å². The van der Waals surface area contributed by atoms with Gasteiger partial charge in [-0.2, -0.15) is 0 Å². The lowest BCUT2D eigenvalue weighted by Crippen LogP contribution is -2.52. The van der Waals surface area contributed by atoms with E-state index in [-0.39, 0.29) is 62.9 Å². The lowest BCUT2D eigenvalue weighted by molar-refractivity contribution is -0.135. The van der Waals surface area contributed by atoms with E-state index in [1.165, 1.54) is 0 Å². The van der Waals surface area contributed by atoms with Crippen molar-refractivity contribution in [1.82, 2.24) is 20.9 Å². The summed E-state index contributed by atoms with van der Waals surface area (Å²) in [4.78, 5) is 55.9. The Hall–Kier alpha value is -6.16. The molecule has 5 aromatic rings. The van der Waals surface area contributed by atoms with Crippen molar-refractivity contribution >= 4 is 34.6 Å². The summed E-state index contributed by atoms with van der Waals surface area (Å²) in [5.74, 6) is -0.222. The summed E-state index contributed by atoms with van der Waals surface area (Å²) in [5, 5.41) is 11.0. The minimum atomic E-state index is -1.01. The molecule has 0 spiro atoms. The molecule has 0 unspecified atom stereocenters. The predicted octanol–water partition coefficient (Wildman–Crippen LogP) is 5.64. The molecule has 2 aliphatic rings.